The molecule has 1 atom stereocenters. The fourth-order valence-electron chi connectivity index (χ4n) is 2.87. The molecule has 0 saturated carbocycles. The van der Waals surface area contributed by atoms with E-state index in [4.69, 9.17) is 17.3 Å². The van der Waals surface area contributed by atoms with Gasteiger partial charge in [-0.15, -0.1) is 0 Å². The number of benzene rings is 2. The summed E-state index contributed by atoms with van der Waals surface area (Å²) in [5.41, 5.74) is 8.21. The summed E-state index contributed by atoms with van der Waals surface area (Å²) in [6.45, 7) is 0. The van der Waals surface area contributed by atoms with Crippen molar-refractivity contribution >= 4 is 57.0 Å². The van der Waals surface area contributed by atoms with Crippen LogP contribution >= 0.6 is 23.4 Å². The molecule has 10 heteroatoms. The highest BCUT2D eigenvalue weighted by molar-refractivity contribution is 8.14. The topological polar surface area (TPSA) is 108 Å². The van der Waals surface area contributed by atoms with Crippen LogP contribution in [0, 0.1) is 5.82 Å². The third-order valence-corrected chi connectivity index (χ3v) is 5.36. The number of aliphatic imine (C=N–C) groups is 2. The van der Waals surface area contributed by atoms with Crippen LogP contribution in [0.4, 0.5) is 10.1 Å². The van der Waals surface area contributed by atoms with Crippen molar-refractivity contribution < 1.29 is 9.18 Å². The van der Waals surface area contributed by atoms with E-state index in [-0.39, 0.29) is 22.6 Å². The van der Waals surface area contributed by atoms with E-state index in [9.17, 15) is 9.18 Å². The average molecular weight is 431 g/mol. The van der Waals surface area contributed by atoms with Gasteiger partial charge in [-0.05, 0) is 24.3 Å². The number of carbonyl (C=O) groups is 1. The van der Waals surface area contributed by atoms with Crippen LogP contribution in [0.2, 0.25) is 5.02 Å². The minimum Gasteiger partial charge on any atom is -0.370 e. The van der Waals surface area contributed by atoms with Crippen molar-refractivity contribution in [1.29, 1.82) is 0 Å². The fourth-order valence-corrected chi connectivity index (χ4v) is 3.74. The normalized spacial score (nSPS) is 16.1. The van der Waals surface area contributed by atoms with Gasteiger partial charge in [-0.2, -0.15) is 0 Å². The van der Waals surface area contributed by atoms with Crippen molar-refractivity contribution in [2.75, 3.05) is 11.1 Å². The number of fused-ring (bicyclic) bond motifs is 1. The van der Waals surface area contributed by atoms with Crippen LogP contribution in [0.3, 0.4) is 0 Å². The number of anilines is 1. The maximum absolute atomic E-state index is 13.2. The zero-order valence-corrected chi connectivity index (χ0v) is 16.5. The number of guanidine groups is 1. The van der Waals surface area contributed by atoms with E-state index in [1.54, 1.807) is 0 Å². The van der Waals surface area contributed by atoms with Crippen LogP contribution in [-0.2, 0) is 4.79 Å². The second-order valence-electron chi connectivity index (χ2n) is 6.20. The first-order chi connectivity index (χ1) is 14.0. The van der Waals surface area contributed by atoms with E-state index in [1.165, 1.54) is 30.0 Å². The quantitative estimate of drug-likeness (QED) is 0.507. The molecule has 0 saturated heterocycles. The summed E-state index contributed by atoms with van der Waals surface area (Å²) < 4.78 is 13.2. The molecule has 0 unspecified atom stereocenters. The van der Waals surface area contributed by atoms with E-state index < -0.39 is 12.0 Å². The van der Waals surface area contributed by atoms with Crippen LogP contribution in [0.25, 0.3) is 10.9 Å². The third-order valence-electron chi connectivity index (χ3n) is 4.18. The first kappa shape index (κ1) is 19.3. The summed E-state index contributed by atoms with van der Waals surface area (Å²) in [6.07, 6.45) is 1.35. The summed E-state index contributed by atoms with van der Waals surface area (Å²) >= 11 is 6.92. The zero-order valence-electron chi connectivity index (χ0n) is 14.9. The summed E-state index contributed by atoms with van der Waals surface area (Å²) in [5.74, 6) is -0.525. The molecule has 1 amide bonds. The molecule has 2 heterocycles. The Balaban J connectivity index is 1.44. The van der Waals surface area contributed by atoms with Crippen molar-refractivity contribution in [1.82, 2.24) is 10.3 Å². The van der Waals surface area contributed by atoms with Crippen molar-refractivity contribution in [3.63, 3.8) is 0 Å². The Labute approximate surface area is 174 Å². The summed E-state index contributed by atoms with van der Waals surface area (Å²) in [6, 6.07) is 11.8. The standard InChI is InChI=1S/C19H16ClFN6OS/c20-13-7-10(5-6-14(13)21)24-16(28)9-29-19-26-17(25-18(22)27-19)12-8-23-15-4-2-1-3-11(12)15/h1-8,17,23H,9H2,(H,24,28)(H3,22,25,26,27)/t17-/m1/s1. The van der Waals surface area contributed by atoms with E-state index in [2.05, 4.69) is 25.6 Å². The van der Waals surface area contributed by atoms with Gasteiger partial charge >= 0.3 is 0 Å². The Morgan fingerprint density at radius 1 is 1.28 bits per heavy atom. The van der Waals surface area contributed by atoms with E-state index >= 15 is 0 Å². The molecule has 1 aliphatic rings. The number of nitrogens with one attached hydrogen (secondary N) is 3. The minimum absolute atomic E-state index is 0.0562. The molecule has 1 aliphatic heterocycles. The lowest BCUT2D eigenvalue weighted by Crippen LogP contribution is -2.39. The van der Waals surface area contributed by atoms with E-state index in [0.717, 1.165) is 16.5 Å². The van der Waals surface area contributed by atoms with E-state index in [1.807, 2.05) is 30.5 Å². The maximum atomic E-state index is 13.2. The lowest BCUT2D eigenvalue weighted by molar-refractivity contribution is -0.113. The van der Waals surface area contributed by atoms with Crippen LogP contribution in [-0.4, -0.2) is 27.8 Å². The van der Waals surface area contributed by atoms with Gasteiger partial charge in [-0.25, -0.2) is 14.4 Å². The highest BCUT2D eigenvalue weighted by Gasteiger charge is 2.20. The Morgan fingerprint density at radius 2 is 2.10 bits per heavy atom. The zero-order chi connectivity index (χ0) is 20.4. The molecular weight excluding hydrogens is 415 g/mol. The number of rotatable bonds is 4. The Morgan fingerprint density at radius 3 is 2.93 bits per heavy atom. The molecule has 148 valence electrons. The van der Waals surface area contributed by atoms with Gasteiger partial charge in [0.05, 0.1) is 10.8 Å². The molecule has 1 aromatic heterocycles. The molecule has 5 N–H and O–H groups in total. The summed E-state index contributed by atoms with van der Waals surface area (Å²) in [7, 11) is 0. The van der Waals surface area contributed by atoms with Crippen LogP contribution in [0.1, 0.15) is 11.7 Å². The maximum Gasteiger partial charge on any atom is 0.234 e. The number of aromatic nitrogens is 1. The van der Waals surface area contributed by atoms with Gasteiger partial charge in [0.15, 0.2) is 17.3 Å². The van der Waals surface area contributed by atoms with Gasteiger partial charge < -0.3 is 21.4 Å². The molecule has 7 nitrogen and oxygen atoms in total. The number of hydrogen-bond donors (Lipinski definition) is 4. The lowest BCUT2D eigenvalue weighted by atomic mass is 10.1. The number of halogens is 2. The number of aromatic amines is 1. The molecule has 3 aromatic rings. The Bertz CT molecular complexity index is 1140. The molecular formula is C19H16ClFN6OS. The number of hydrogen-bond acceptors (Lipinski definition) is 6. The molecule has 0 radical (unpaired) electrons. The molecule has 4 rings (SSSR count). The number of nitrogens with two attached hydrogens (primary N) is 1. The second kappa shape index (κ2) is 8.14. The van der Waals surface area contributed by atoms with Crippen molar-refractivity contribution in [3.8, 4) is 0 Å². The number of H-pyrrole nitrogens is 1. The monoisotopic (exact) mass is 430 g/mol. The first-order valence-electron chi connectivity index (χ1n) is 8.61. The van der Waals surface area contributed by atoms with Gasteiger partial charge in [0.1, 0.15) is 5.82 Å². The third kappa shape index (κ3) is 4.36. The Hall–Kier alpha value is -3.04. The number of amides is 1. The summed E-state index contributed by atoms with van der Waals surface area (Å²) in [4.78, 5) is 24.3. The highest BCUT2D eigenvalue weighted by atomic mass is 35.5. The minimum atomic E-state index is -0.544. The van der Waals surface area contributed by atoms with Crippen LogP contribution < -0.4 is 16.4 Å². The highest BCUT2D eigenvalue weighted by Crippen LogP contribution is 2.29. The molecule has 0 spiro atoms. The van der Waals surface area contributed by atoms with Crippen molar-refractivity contribution in [2.24, 2.45) is 15.7 Å². The fraction of sp³-hybridized carbons (Fsp3) is 0.105. The lowest BCUT2D eigenvalue weighted by Gasteiger charge is -2.18. The number of amidine groups is 1. The average Bonchev–Trinajstić information content (AvgIpc) is 3.13. The van der Waals surface area contributed by atoms with Crippen LogP contribution in [0.15, 0.2) is 58.6 Å². The Kier molecular flexibility index (Phi) is 5.41. The number of thioether (sulfide) groups is 1. The van der Waals surface area contributed by atoms with Crippen LogP contribution in [0.5, 0.6) is 0 Å². The SMILES string of the molecule is NC1=N[C@@H](c2c[nH]c3ccccc23)N=C(SCC(=O)Nc2ccc(F)c(Cl)c2)N1. The molecule has 0 bridgehead atoms. The molecule has 0 aliphatic carbocycles. The second-order valence-corrected chi connectivity index (χ2v) is 7.57. The molecule has 29 heavy (non-hydrogen) atoms. The van der Waals surface area contributed by atoms with Gasteiger partial charge in [0, 0.05) is 28.4 Å². The van der Waals surface area contributed by atoms with Crippen molar-refractivity contribution in [2.45, 2.75) is 6.17 Å². The van der Waals surface area contributed by atoms with Crippen molar-refractivity contribution in [3.05, 3.63) is 65.1 Å². The largest absolute Gasteiger partial charge is 0.370 e. The van der Waals surface area contributed by atoms with E-state index in [0.29, 0.717) is 10.9 Å². The smallest absolute Gasteiger partial charge is 0.234 e. The first-order valence-corrected chi connectivity index (χ1v) is 9.98. The van der Waals surface area contributed by atoms with Gasteiger partial charge in [-0.3, -0.25) is 4.79 Å². The predicted molar refractivity (Wildman–Crippen MR) is 116 cm³/mol. The summed E-state index contributed by atoms with van der Waals surface area (Å²) in [5, 5.41) is 6.97. The van der Waals surface area contributed by atoms with Gasteiger partial charge in [-0.1, -0.05) is 41.6 Å². The molecule has 0 fully saturated rings. The molecule has 2 aromatic carbocycles. The van der Waals surface area contributed by atoms with Gasteiger partial charge in [0.25, 0.3) is 0 Å². The number of carbonyl (C=O) groups excluding carboxylic acids is 1. The number of para-hydroxylation sites is 1. The van der Waals surface area contributed by atoms with Gasteiger partial charge in [0.2, 0.25) is 5.91 Å². The number of nitrogens with zero attached hydrogens (tertiary/aromatic N) is 2. The predicted octanol–water partition coefficient (Wildman–Crippen LogP) is 3.60.